The number of likely N-dealkylation sites (tertiary alicyclic amines) is 1. The molecule has 1 saturated heterocycles. The standard InChI is InChI=1S/C18H23N3O2S/c1-13-12-24-18(19-13)20-16(22)11-21-9-7-15(8-10-21)17(23)14-5-3-2-4-6-14/h2-6,12,15,17,23H,7-11H2,1H3,(H,19,20,22)/t17-/m0/s1. The summed E-state index contributed by atoms with van der Waals surface area (Å²) < 4.78 is 0. The first-order valence-electron chi connectivity index (χ1n) is 8.29. The molecule has 2 heterocycles. The molecule has 1 aromatic carbocycles. The zero-order chi connectivity index (χ0) is 16.9. The summed E-state index contributed by atoms with van der Waals surface area (Å²) in [5, 5.41) is 15.9. The average Bonchev–Trinajstić information content (AvgIpc) is 3.00. The van der Waals surface area contributed by atoms with Gasteiger partial charge in [0.05, 0.1) is 18.3 Å². The van der Waals surface area contributed by atoms with Gasteiger partial charge in [-0.1, -0.05) is 30.3 Å². The zero-order valence-electron chi connectivity index (χ0n) is 13.8. The summed E-state index contributed by atoms with van der Waals surface area (Å²) in [6, 6.07) is 9.82. The van der Waals surface area contributed by atoms with Gasteiger partial charge >= 0.3 is 0 Å². The number of anilines is 1. The monoisotopic (exact) mass is 345 g/mol. The molecule has 128 valence electrons. The molecule has 1 aromatic heterocycles. The van der Waals surface area contributed by atoms with Crippen molar-refractivity contribution >= 4 is 22.4 Å². The van der Waals surface area contributed by atoms with Crippen LogP contribution in [0.4, 0.5) is 5.13 Å². The van der Waals surface area contributed by atoms with Crippen LogP contribution in [-0.2, 0) is 4.79 Å². The van der Waals surface area contributed by atoms with Gasteiger partial charge < -0.3 is 10.4 Å². The Morgan fingerprint density at radius 3 is 2.71 bits per heavy atom. The van der Waals surface area contributed by atoms with Crippen molar-refractivity contribution in [2.75, 3.05) is 25.0 Å². The van der Waals surface area contributed by atoms with Crippen molar-refractivity contribution in [1.29, 1.82) is 0 Å². The van der Waals surface area contributed by atoms with E-state index in [0.29, 0.717) is 11.7 Å². The predicted octanol–water partition coefficient (Wildman–Crippen LogP) is 2.84. The topological polar surface area (TPSA) is 65.5 Å². The number of aryl methyl sites for hydroxylation is 1. The van der Waals surface area contributed by atoms with Crippen molar-refractivity contribution in [1.82, 2.24) is 9.88 Å². The van der Waals surface area contributed by atoms with E-state index >= 15 is 0 Å². The van der Waals surface area contributed by atoms with Crippen molar-refractivity contribution in [2.24, 2.45) is 5.92 Å². The van der Waals surface area contributed by atoms with Gasteiger partial charge in [-0.3, -0.25) is 9.69 Å². The Kier molecular flexibility index (Phi) is 5.60. The number of nitrogens with one attached hydrogen (secondary N) is 1. The largest absolute Gasteiger partial charge is 0.388 e. The minimum Gasteiger partial charge on any atom is -0.388 e. The summed E-state index contributed by atoms with van der Waals surface area (Å²) in [6.07, 6.45) is 1.39. The van der Waals surface area contributed by atoms with E-state index in [2.05, 4.69) is 15.2 Å². The van der Waals surface area contributed by atoms with Crippen molar-refractivity contribution < 1.29 is 9.90 Å². The number of hydrogen-bond donors (Lipinski definition) is 2. The van der Waals surface area contributed by atoms with Crippen LogP contribution in [0.15, 0.2) is 35.7 Å². The van der Waals surface area contributed by atoms with E-state index in [1.807, 2.05) is 42.6 Å². The first-order chi connectivity index (χ1) is 11.6. The lowest BCUT2D eigenvalue weighted by atomic mass is 9.87. The van der Waals surface area contributed by atoms with E-state index in [1.165, 1.54) is 11.3 Å². The molecule has 24 heavy (non-hydrogen) atoms. The Balaban J connectivity index is 1.46. The highest BCUT2D eigenvalue weighted by atomic mass is 32.1. The summed E-state index contributed by atoms with van der Waals surface area (Å²) in [4.78, 5) is 18.5. The van der Waals surface area contributed by atoms with Crippen LogP contribution in [-0.4, -0.2) is 40.5 Å². The number of carbonyl (C=O) groups excluding carboxylic acids is 1. The van der Waals surface area contributed by atoms with Gasteiger partial charge in [-0.2, -0.15) is 0 Å². The third-order valence-electron chi connectivity index (χ3n) is 4.45. The van der Waals surface area contributed by atoms with Crippen LogP contribution < -0.4 is 5.32 Å². The zero-order valence-corrected chi connectivity index (χ0v) is 14.6. The Labute approximate surface area is 146 Å². The maximum atomic E-state index is 12.1. The average molecular weight is 345 g/mol. The number of carbonyl (C=O) groups is 1. The van der Waals surface area contributed by atoms with Crippen molar-refractivity contribution in [2.45, 2.75) is 25.9 Å². The molecule has 2 N–H and O–H groups in total. The number of thiazole rings is 1. The third-order valence-corrected chi connectivity index (χ3v) is 5.33. The molecule has 5 nitrogen and oxygen atoms in total. The van der Waals surface area contributed by atoms with Gasteiger partial charge in [0.15, 0.2) is 5.13 Å². The van der Waals surface area contributed by atoms with Crippen LogP contribution >= 0.6 is 11.3 Å². The number of rotatable bonds is 5. The fraction of sp³-hybridized carbons (Fsp3) is 0.444. The molecule has 0 radical (unpaired) electrons. The molecule has 1 atom stereocenters. The smallest absolute Gasteiger partial charge is 0.240 e. The molecular weight excluding hydrogens is 322 g/mol. The van der Waals surface area contributed by atoms with Crippen molar-refractivity contribution in [3.05, 3.63) is 47.0 Å². The van der Waals surface area contributed by atoms with E-state index in [9.17, 15) is 9.90 Å². The second kappa shape index (κ2) is 7.88. The SMILES string of the molecule is Cc1csc(NC(=O)CN2CCC([C@@H](O)c3ccccc3)CC2)n1. The van der Waals surface area contributed by atoms with Crippen molar-refractivity contribution in [3.63, 3.8) is 0 Å². The number of aromatic nitrogens is 1. The highest BCUT2D eigenvalue weighted by molar-refractivity contribution is 7.13. The molecule has 3 rings (SSSR count). The molecule has 0 bridgehead atoms. The van der Waals surface area contributed by atoms with Crippen LogP contribution in [0.25, 0.3) is 0 Å². The van der Waals surface area contributed by atoms with Gasteiger partial charge in [0.1, 0.15) is 0 Å². The maximum Gasteiger partial charge on any atom is 0.240 e. The number of benzene rings is 1. The van der Waals surface area contributed by atoms with Crippen LogP contribution in [0.5, 0.6) is 0 Å². The summed E-state index contributed by atoms with van der Waals surface area (Å²) in [7, 11) is 0. The lowest BCUT2D eigenvalue weighted by Crippen LogP contribution is -2.40. The molecule has 0 saturated carbocycles. The Hall–Kier alpha value is -1.76. The number of amides is 1. The first kappa shape index (κ1) is 17.1. The fourth-order valence-corrected chi connectivity index (χ4v) is 3.83. The number of hydrogen-bond acceptors (Lipinski definition) is 5. The van der Waals surface area contributed by atoms with E-state index in [4.69, 9.17) is 0 Å². The second-order valence-corrected chi connectivity index (χ2v) is 7.17. The van der Waals surface area contributed by atoms with E-state index in [1.54, 1.807) is 0 Å². The molecule has 6 heteroatoms. The number of aliphatic hydroxyl groups excluding tert-OH is 1. The highest BCUT2D eigenvalue weighted by Gasteiger charge is 2.27. The van der Waals surface area contributed by atoms with E-state index in [-0.39, 0.29) is 11.8 Å². The number of aliphatic hydroxyl groups is 1. The van der Waals surface area contributed by atoms with Gasteiger partial charge in [0, 0.05) is 5.38 Å². The lowest BCUT2D eigenvalue weighted by Gasteiger charge is -2.33. The molecule has 1 aliphatic rings. The summed E-state index contributed by atoms with van der Waals surface area (Å²) in [6.45, 7) is 3.96. The Morgan fingerprint density at radius 1 is 1.38 bits per heavy atom. The molecule has 1 amide bonds. The van der Waals surface area contributed by atoms with Crippen LogP contribution in [0.1, 0.15) is 30.2 Å². The Bertz CT molecular complexity index is 666. The van der Waals surface area contributed by atoms with Crippen LogP contribution in [0, 0.1) is 12.8 Å². The van der Waals surface area contributed by atoms with Gasteiger partial charge in [-0.25, -0.2) is 4.98 Å². The quantitative estimate of drug-likeness (QED) is 0.874. The fourth-order valence-electron chi connectivity index (χ4n) is 3.12. The number of nitrogens with zero attached hydrogens (tertiary/aromatic N) is 2. The van der Waals surface area contributed by atoms with Crippen LogP contribution in [0.3, 0.4) is 0 Å². The maximum absolute atomic E-state index is 12.1. The van der Waals surface area contributed by atoms with Gasteiger partial charge in [-0.15, -0.1) is 11.3 Å². The van der Waals surface area contributed by atoms with Gasteiger partial charge in [0.2, 0.25) is 5.91 Å². The number of piperidine rings is 1. The normalized spacial score (nSPS) is 17.6. The molecular formula is C18H23N3O2S. The summed E-state index contributed by atoms with van der Waals surface area (Å²) in [5.74, 6) is 0.236. The summed E-state index contributed by atoms with van der Waals surface area (Å²) >= 11 is 1.45. The molecule has 1 fully saturated rings. The van der Waals surface area contributed by atoms with E-state index in [0.717, 1.165) is 37.2 Å². The Morgan fingerprint density at radius 2 is 2.08 bits per heavy atom. The minimum atomic E-state index is -0.416. The van der Waals surface area contributed by atoms with Gasteiger partial charge in [-0.05, 0) is 44.3 Å². The second-order valence-electron chi connectivity index (χ2n) is 6.31. The van der Waals surface area contributed by atoms with E-state index < -0.39 is 6.10 Å². The predicted molar refractivity (Wildman–Crippen MR) is 96.0 cm³/mol. The highest BCUT2D eigenvalue weighted by Crippen LogP contribution is 2.30. The molecule has 1 aliphatic heterocycles. The molecule has 0 unspecified atom stereocenters. The first-order valence-corrected chi connectivity index (χ1v) is 9.17. The van der Waals surface area contributed by atoms with Gasteiger partial charge in [0.25, 0.3) is 0 Å². The third kappa shape index (κ3) is 4.41. The lowest BCUT2D eigenvalue weighted by molar-refractivity contribution is -0.117. The van der Waals surface area contributed by atoms with Crippen molar-refractivity contribution in [3.8, 4) is 0 Å². The summed E-state index contributed by atoms with van der Waals surface area (Å²) in [5.41, 5.74) is 1.90. The van der Waals surface area contributed by atoms with Crippen LogP contribution in [0.2, 0.25) is 0 Å². The molecule has 2 aromatic rings. The molecule has 0 aliphatic carbocycles. The molecule has 0 spiro atoms. The minimum absolute atomic E-state index is 0.0218.